The van der Waals surface area contributed by atoms with Gasteiger partial charge in [0, 0.05) is 6.54 Å². The van der Waals surface area contributed by atoms with Crippen LogP contribution in [0.15, 0.2) is 42.5 Å². The van der Waals surface area contributed by atoms with Gasteiger partial charge in [-0.15, -0.1) is 0 Å². The molecule has 6 nitrogen and oxygen atoms in total. The number of likely N-dealkylation sites (N-methyl/N-ethyl adjacent to an activating group) is 1. The van der Waals surface area contributed by atoms with Crippen molar-refractivity contribution in [2.24, 2.45) is 5.92 Å². The number of rotatable bonds is 12. The lowest BCUT2D eigenvalue weighted by Crippen LogP contribution is -2.33. The summed E-state index contributed by atoms with van der Waals surface area (Å²) in [6.45, 7) is 5.56. The monoisotopic (exact) mass is 452 g/mol. The minimum Gasteiger partial charge on any atom is -0.465 e. The van der Waals surface area contributed by atoms with Crippen LogP contribution in [0.5, 0.6) is 0 Å². The quantitative estimate of drug-likeness (QED) is 0.476. The van der Waals surface area contributed by atoms with Gasteiger partial charge >= 0.3 is 5.97 Å². The lowest BCUT2D eigenvalue weighted by Gasteiger charge is -2.32. The Kier molecular flexibility index (Phi) is 10.1. The Morgan fingerprint density at radius 2 is 1.76 bits per heavy atom. The number of nitrogens with zero attached hydrogens (tertiary/aromatic N) is 2. The highest BCUT2D eigenvalue weighted by Crippen LogP contribution is 2.37. The second-order valence-corrected chi connectivity index (χ2v) is 8.88. The number of ether oxygens (including phenoxy) is 1. The van der Waals surface area contributed by atoms with E-state index in [4.69, 9.17) is 4.74 Å². The van der Waals surface area contributed by atoms with E-state index in [1.54, 1.807) is 12.1 Å². The number of esters is 1. The van der Waals surface area contributed by atoms with Gasteiger partial charge in [-0.25, -0.2) is 4.79 Å². The molecule has 0 fully saturated rings. The summed E-state index contributed by atoms with van der Waals surface area (Å²) in [6.07, 6.45) is 2.44. The first-order chi connectivity index (χ1) is 15.8. The summed E-state index contributed by atoms with van der Waals surface area (Å²) in [4.78, 5) is 13.8. The molecule has 0 saturated carbocycles. The Labute approximate surface area is 197 Å². The maximum atomic E-state index is 11.6. The van der Waals surface area contributed by atoms with Gasteiger partial charge in [-0.3, -0.25) is 0 Å². The Bertz CT molecular complexity index is 950. The van der Waals surface area contributed by atoms with Crippen molar-refractivity contribution in [1.82, 2.24) is 4.90 Å². The van der Waals surface area contributed by atoms with E-state index in [1.807, 2.05) is 30.3 Å². The summed E-state index contributed by atoms with van der Waals surface area (Å²) in [5, 5.41) is 29.4. The third kappa shape index (κ3) is 6.64. The average molecular weight is 453 g/mol. The molecule has 2 N–H and O–H groups in total. The molecule has 2 aromatic carbocycles. The number of hydrogen-bond acceptors (Lipinski definition) is 6. The first-order valence-electron chi connectivity index (χ1n) is 11.4. The summed E-state index contributed by atoms with van der Waals surface area (Å²) in [6, 6.07) is 15.6. The summed E-state index contributed by atoms with van der Waals surface area (Å²) in [5.74, 6) is -0.227. The van der Waals surface area contributed by atoms with Crippen LogP contribution in [0.1, 0.15) is 59.3 Å². The Balaban J connectivity index is 1.99. The van der Waals surface area contributed by atoms with Gasteiger partial charge in [-0.2, -0.15) is 5.26 Å². The van der Waals surface area contributed by atoms with Crippen molar-refractivity contribution in [1.29, 1.82) is 5.26 Å². The lowest BCUT2D eigenvalue weighted by atomic mass is 9.69. The number of hydrogen-bond donors (Lipinski definition) is 2. The van der Waals surface area contributed by atoms with Crippen LogP contribution in [0.4, 0.5) is 0 Å². The normalized spacial score (nSPS) is 13.1. The lowest BCUT2D eigenvalue weighted by molar-refractivity contribution is 0.0600. The molecule has 0 amide bonds. The second-order valence-electron chi connectivity index (χ2n) is 8.88. The van der Waals surface area contributed by atoms with E-state index in [9.17, 15) is 20.3 Å². The predicted octanol–water partition coefficient (Wildman–Crippen LogP) is 3.83. The Morgan fingerprint density at radius 1 is 1.09 bits per heavy atom. The average Bonchev–Trinajstić information content (AvgIpc) is 2.84. The molecule has 2 aromatic rings. The minimum atomic E-state index is -0.650. The molecule has 0 aliphatic heterocycles. The Hall–Kier alpha value is -2.72. The molecule has 0 spiro atoms. The molecule has 0 heterocycles. The predicted molar refractivity (Wildman–Crippen MR) is 129 cm³/mol. The number of nitriles is 1. The van der Waals surface area contributed by atoms with Gasteiger partial charge in [0.05, 0.1) is 37.4 Å². The van der Waals surface area contributed by atoms with Crippen molar-refractivity contribution >= 4 is 5.97 Å². The third-order valence-electron chi connectivity index (χ3n) is 6.52. The maximum Gasteiger partial charge on any atom is 0.337 e. The van der Waals surface area contributed by atoms with Gasteiger partial charge < -0.3 is 19.8 Å². The standard InChI is InChI=1S/C27H36N2O4/c1-20(2)27(19-28,25-11-10-23(17-30)24(16-25)18-31)13-5-14-29(3)15-12-21-6-8-22(9-7-21)26(32)33-4/h6-11,16,20,30-31H,5,12-15,17-18H2,1-4H3. The summed E-state index contributed by atoms with van der Waals surface area (Å²) in [5.41, 5.74) is 3.31. The van der Waals surface area contributed by atoms with Crippen LogP contribution in [-0.4, -0.2) is 48.3 Å². The SMILES string of the molecule is COC(=O)c1ccc(CCN(C)CCCC(C#N)(c2ccc(CO)c(CO)c2)C(C)C)cc1. The van der Waals surface area contributed by atoms with E-state index in [0.717, 1.165) is 37.1 Å². The zero-order valence-electron chi connectivity index (χ0n) is 20.2. The molecule has 1 atom stereocenters. The highest BCUT2D eigenvalue weighted by Gasteiger charge is 2.36. The summed E-state index contributed by atoms with van der Waals surface area (Å²) < 4.78 is 4.73. The fourth-order valence-corrected chi connectivity index (χ4v) is 4.21. The highest BCUT2D eigenvalue weighted by atomic mass is 16.5. The number of aliphatic hydroxyl groups is 2. The fourth-order valence-electron chi connectivity index (χ4n) is 4.21. The van der Waals surface area contributed by atoms with Crippen LogP contribution in [-0.2, 0) is 29.8 Å². The number of carbonyl (C=O) groups is 1. The van der Waals surface area contributed by atoms with E-state index in [0.29, 0.717) is 23.1 Å². The molecule has 0 saturated heterocycles. The first kappa shape index (κ1) is 26.5. The Morgan fingerprint density at radius 3 is 2.30 bits per heavy atom. The van der Waals surface area contributed by atoms with Gasteiger partial charge in [-0.05, 0) is 73.2 Å². The second kappa shape index (κ2) is 12.5. The van der Waals surface area contributed by atoms with Crippen molar-refractivity contribution in [3.63, 3.8) is 0 Å². The highest BCUT2D eigenvalue weighted by molar-refractivity contribution is 5.89. The molecular formula is C27H36N2O4. The summed E-state index contributed by atoms with van der Waals surface area (Å²) >= 11 is 0. The maximum absolute atomic E-state index is 11.6. The van der Waals surface area contributed by atoms with E-state index >= 15 is 0 Å². The van der Waals surface area contributed by atoms with Crippen LogP contribution in [0.2, 0.25) is 0 Å². The third-order valence-corrected chi connectivity index (χ3v) is 6.52. The van der Waals surface area contributed by atoms with Crippen molar-refractivity contribution < 1.29 is 19.7 Å². The van der Waals surface area contributed by atoms with E-state index in [2.05, 4.69) is 31.9 Å². The zero-order chi connectivity index (χ0) is 24.4. The number of methoxy groups -OCH3 is 1. The summed E-state index contributed by atoms with van der Waals surface area (Å²) in [7, 11) is 3.45. The smallest absolute Gasteiger partial charge is 0.337 e. The first-order valence-corrected chi connectivity index (χ1v) is 11.4. The molecule has 0 aromatic heterocycles. The molecule has 2 rings (SSSR count). The number of aliphatic hydroxyl groups excluding tert-OH is 2. The van der Waals surface area contributed by atoms with Crippen molar-refractivity contribution in [3.8, 4) is 6.07 Å². The van der Waals surface area contributed by atoms with Crippen LogP contribution in [0.3, 0.4) is 0 Å². The molecule has 1 unspecified atom stereocenters. The molecule has 0 bridgehead atoms. The molecule has 0 radical (unpaired) electrons. The number of benzene rings is 2. The van der Waals surface area contributed by atoms with Gasteiger partial charge in [0.2, 0.25) is 0 Å². The molecule has 6 heteroatoms. The van der Waals surface area contributed by atoms with Crippen LogP contribution >= 0.6 is 0 Å². The molecular weight excluding hydrogens is 416 g/mol. The van der Waals surface area contributed by atoms with Gasteiger partial charge in [0.25, 0.3) is 0 Å². The van der Waals surface area contributed by atoms with Gasteiger partial charge in [0.1, 0.15) is 0 Å². The van der Waals surface area contributed by atoms with E-state index in [-0.39, 0.29) is 25.1 Å². The van der Waals surface area contributed by atoms with Crippen molar-refractivity contribution in [3.05, 3.63) is 70.3 Å². The molecule has 0 aliphatic rings. The van der Waals surface area contributed by atoms with E-state index in [1.165, 1.54) is 7.11 Å². The molecule has 0 aliphatic carbocycles. The van der Waals surface area contributed by atoms with Crippen LogP contribution < -0.4 is 0 Å². The van der Waals surface area contributed by atoms with Gasteiger partial charge in [-0.1, -0.05) is 44.2 Å². The molecule has 33 heavy (non-hydrogen) atoms. The largest absolute Gasteiger partial charge is 0.465 e. The van der Waals surface area contributed by atoms with Crippen molar-refractivity contribution in [2.45, 2.75) is 51.7 Å². The number of carbonyl (C=O) groups excluding carboxylic acids is 1. The zero-order valence-corrected chi connectivity index (χ0v) is 20.2. The van der Waals surface area contributed by atoms with Crippen LogP contribution in [0.25, 0.3) is 0 Å². The minimum absolute atomic E-state index is 0.104. The van der Waals surface area contributed by atoms with Gasteiger partial charge in [0.15, 0.2) is 0 Å². The topological polar surface area (TPSA) is 93.8 Å². The van der Waals surface area contributed by atoms with Crippen molar-refractivity contribution in [2.75, 3.05) is 27.2 Å². The van der Waals surface area contributed by atoms with Crippen LogP contribution in [0, 0.1) is 17.2 Å². The van der Waals surface area contributed by atoms with E-state index < -0.39 is 5.41 Å². The molecule has 178 valence electrons. The fraction of sp³-hybridized carbons (Fsp3) is 0.481.